The summed E-state index contributed by atoms with van der Waals surface area (Å²) in [6.45, 7) is 1.80. The lowest BCUT2D eigenvalue weighted by atomic mass is 10.2. The topological polar surface area (TPSA) is 60.5 Å². The number of amides is 1. The normalized spacial score (nSPS) is 17.0. The van der Waals surface area contributed by atoms with Crippen LogP contribution in [0.4, 0.5) is 0 Å². The van der Waals surface area contributed by atoms with Crippen LogP contribution in [-0.4, -0.2) is 30.2 Å². The Morgan fingerprint density at radius 1 is 1.26 bits per heavy atom. The van der Waals surface area contributed by atoms with Crippen LogP contribution in [0.5, 0.6) is 5.75 Å². The highest BCUT2D eigenvalue weighted by atomic mass is 16.5. The molecule has 1 amide bonds. The third-order valence-electron chi connectivity index (χ3n) is 3.73. The van der Waals surface area contributed by atoms with Crippen molar-refractivity contribution in [1.82, 2.24) is 10.3 Å². The van der Waals surface area contributed by atoms with Gasteiger partial charge in [0.15, 0.2) is 0 Å². The van der Waals surface area contributed by atoms with Crippen LogP contribution in [0, 0.1) is 0 Å². The van der Waals surface area contributed by atoms with E-state index in [2.05, 4.69) is 10.3 Å². The van der Waals surface area contributed by atoms with Crippen molar-refractivity contribution >= 4 is 5.91 Å². The number of carbonyl (C=O) groups excluding carboxylic acids is 1. The molecule has 5 nitrogen and oxygen atoms in total. The molecule has 0 saturated carbocycles. The van der Waals surface area contributed by atoms with Crippen LogP contribution in [0.25, 0.3) is 0 Å². The van der Waals surface area contributed by atoms with Crippen LogP contribution in [0.15, 0.2) is 48.7 Å². The van der Waals surface area contributed by atoms with Crippen LogP contribution in [0.1, 0.15) is 28.9 Å². The number of nitrogens with one attached hydrogen (secondary N) is 1. The molecule has 0 unspecified atom stereocenters. The van der Waals surface area contributed by atoms with Gasteiger partial charge in [-0.15, -0.1) is 0 Å². The number of hydrogen-bond acceptors (Lipinski definition) is 4. The van der Waals surface area contributed by atoms with Gasteiger partial charge in [-0.1, -0.05) is 6.07 Å². The maximum absolute atomic E-state index is 12.1. The Balaban J connectivity index is 1.48. The second-order valence-corrected chi connectivity index (χ2v) is 5.47. The van der Waals surface area contributed by atoms with Gasteiger partial charge in [-0.2, -0.15) is 0 Å². The van der Waals surface area contributed by atoms with Gasteiger partial charge in [-0.05, 0) is 49.2 Å². The average Bonchev–Trinajstić information content (AvgIpc) is 3.13. The van der Waals surface area contributed by atoms with E-state index in [1.165, 1.54) is 0 Å². The number of rotatable bonds is 6. The zero-order valence-electron chi connectivity index (χ0n) is 12.9. The van der Waals surface area contributed by atoms with Crippen molar-refractivity contribution < 1.29 is 14.3 Å². The zero-order valence-corrected chi connectivity index (χ0v) is 12.9. The van der Waals surface area contributed by atoms with Gasteiger partial charge in [-0.3, -0.25) is 9.78 Å². The molecule has 1 aliphatic rings. The second-order valence-electron chi connectivity index (χ2n) is 5.47. The number of aromatic nitrogens is 1. The van der Waals surface area contributed by atoms with Crippen LogP contribution in [0.2, 0.25) is 0 Å². The van der Waals surface area contributed by atoms with Gasteiger partial charge in [0.1, 0.15) is 12.4 Å². The lowest BCUT2D eigenvalue weighted by Gasteiger charge is -2.11. The molecule has 1 aliphatic heterocycles. The summed E-state index contributed by atoms with van der Waals surface area (Å²) in [5, 5.41) is 2.85. The Kier molecular flexibility index (Phi) is 5.21. The Morgan fingerprint density at radius 2 is 2.13 bits per heavy atom. The molecular formula is C18H20N2O3. The molecule has 1 atom stereocenters. The Morgan fingerprint density at radius 3 is 2.83 bits per heavy atom. The first kappa shape index (κ1) is 15.5. The summed E-state index contributed by atoms with van der Waals surface area (Å²) < 4.78 is 11.2. The summed E-state index contributed by atoms with van der Waals surface area (Å²) in [4.78, 5) is 16.3. The zero-order chi connectivity index (χ0) is 15.9. The number of carbonyl (C=O) groups is 1. The van der Waals surface area contributed by atoms with Crippen molar-refractivity contribution in [3.05, 3.63) is 59.9 Å². The molecule has 2 heterocycles. The van der Waals surface area contributed by atoms with Crippen LogP contribution in [0.3, 0.4) is 0 Å². The molecular weight excluding hydrogens is 292 g/mol. The number of nitrogens with zero attached hydrogens (tertiary/aromatic N) is 1. The smallest absolute Gasteiger partial charge is 0.251 e. The number of ether oxygens (including phenoxy) is 2. The third-order valence-corrected chi connectivity index (χ3v) is 3.73. The third kappa shape index (κ3) is 4.53. The molecule has 5 heteroatoms. The van der Waals surface area contributed by atoms with E-state index in [0.29, 0.717) is 18.7 Å². The maximum atomic E-state index is 12.1. The fourth-order valence-electron chi connectivity index (χ4n) is 2.44. The van der Waals surface area contributed by atoms with E-state index < -0.39 is 0 Å². The predicted molar refractivity (Wildman–Crippen MR) is 86.3 cm³/mol. The number of pyridine rings is 1. The molecule has 0 aliphatic carbocycles. The molecule has 1 saturated heterocycles. The van der Waals surface area contributed by atoms with Crippen LogP contribution >= 0.6 is 0 Å². The minimum Gasteiger partial charge on any atom is -0.491 e. The van der Waals surface area contributed by atoms with E-state index in [1.807, 2.05) is 30.3 Å². The monoisotopic (exact) mass is 312 g/mol. The molecule has 2 aromatic rings. The first-order chi connectivity index (χ1) is 11.3. The highest BCUT2D eigenvalue weighted by Gasteiger charge is 2.16. The van der Waals surface area contributed by atoms with E-state index in [-0.39, 0.29) is 12.0 Å². The molecule has 1 aromatic heterocycles. The van der Waals surface area contributed by atoms with Gasteiger partial charge >= 0.3 is 0 Å². The highest BCUT2D eigenvalue weighted by molar-refractivity contribution is 5.94. The van der Waals surface area contributed by atoms with E-state index in [0.717, 1.165) is 30.9 Å². The Hall–Kier alpha value is -2.40. The highest BCUT2D eigenvalue weighted by Crippen LogP contribution is 2.16. The van der Waals surface area contributed by atoms with Gasteiger partial charge in [0.05, 0.1) is 18.3 Å². The molecule has 23 heavy (non-hydrogen) atoms. The van der Waals surface area contributed by atoms with Gasteiger partial charge in [0, 0.05) is 18.4 Å². The minimum absolute atomic E-state index is 0.124. The fraction of sp³-hybridized carbons (Fsp3) is 0.333. The quantitative estimate of drug-likeness (QED) is 0.890. The summed E-state index contributed by atoms with van der Waals surface area (Å²) in [7, 11) is 0. The van der Waals surface area contributed by atoms with Gasteiger partial charge in [0.25, 0.3) is 5.91 Å². The van der Waals surface area contributed by atoms with Crippen molar-refractivity contribution in [3.63, 3.8) is 0 Å². The van der Waals surface area contributed by atoms with Crippen molar-refractivity contribution in [1.29, 1.82) is 0 Å². The second kappa shape index (κ2) is 7.74. The molecule has 1 aromatic carbocycles. The van der Waals surface area contributed by atoms with Crippen molar-refractivity contribution in [2.75, 3.05) is 13.2 Å². The first-order valence-corrected chi connectivity index (χ1v) is 7.84. The molecule has 0 radical (unpaired) electrons. The van der Waals surface area contributed by atoms with Crippen LogP contribution in [-0.2, 0) is 11.3 Å². The van der Waals surface area contributed by atoms with Gasteiger partial charge < -0.3 is 14.8 Å². The van der Waals surface area contributed by atoms with Crippen molar-refractivity contribution in [3.8, 4) is 5.75 Å². The van der Waals surface area contributed by atoms with Crippen molar-refractivity contribution in [2.45, 2.75) is 25.5 Å². The summed E-state index contributed by atoms with van der Waals surface area (Å²) in [6, 6.07) is 12.8. The lowest BCUT2D eigenvalue weighted by Crippen LogP contribution is -2.23. The summed E-state index contributed by atoms with van der Waals surface area (Å²) in [5.74, 6) is 0.628. The minimum atomic E-state index is -0.124. The predicted octanol–water partition coefficient (Wildman–Crippen LogP) is 2.57. The van der Waals surface area contributed by atoms with E-state index in [1.54, 1.807) is 18.3 Å². The van der Waals surface area contributed by atoms with Gasteiger partial charge in [0.2, 0.25) is 0 Å². The summed E-state index contributed by atoms with van der Waals surface area (Å²) in [6.07, 6.45) is 4.05. The lowest BCUT2D eigenvalue weighted by molar-refractivity contribution is 0.0679. The number of hydrogen-bond donors (Lipinski definition) is 1. The van der Waals surface area contributed by atoms with E-state index >= 15 is 0 Å². The standard InChI is InChI=1S/C18H20N2O3/c21-18(20-12-15-4-1-2-10-19-15)14-6-8-16(9-7-14)23-13-17-5-3-11-22-17/h1-2,4,6-10,17H,3,5,11-13H2,(H,20,21)/t17-/m1/s1. The molecule has 0 bridgehead atoms. The van der Waals surface area contributed by atoms with Gasteiger partial charge in [-0.25, -0.2) is 0 Å². The average molecular weight is 312 g/mol. The molecule has 1 fully saturated rings. The number of benzene rings is 1. The molecule has 120 valence electrons. The van der Waals surface area contributed by atoms with Crippen LogP contribution < -0.4 is 10.1 Å². The van der Waals surface area contributed by atoms with E-state index in [9.17, 15) is 4.79 Å². The SMILES string of the molecule is O=C(NCc1ccccn1)c1ccc(OC[C@H]2CCCO2)cc1. The van der Waals surface area contributed by atoms with E-state index in [4.69, 9.17) is 9.47 Å². The summed E-state index contributed by atoms with van der Waals surface area (Å²) >= 11 is 0. The molecule has 1 N–H and O–H groups in total. The largest absolute Gasteiger partial charge is 0.491 e. The fourth-order valence-corrected chi connectivity index (χ4v) is 2.44. The first-order valence-electron chi connectivity index (χ1n) is 7.84. The molecule has 0 spiro atoms. The van der Waals surface area contributed by atoms with Crippen molar-refractivity contribution in [2.24, 2.45) is 0 Å². The Bertz CT molecular complexity index is 622. The molecule has 3 rings (SSSR count). The maximum Gasteiger partial charge on any atom is 0.251 e. The Labute approximate surface area is 135 Å². The summed E-state index contributed by atoms with van der Waals surface area (Å²) in [5.41, 5.74) is 1.43.